The molecule has 0 heterocycles. The van der Waals surface area contributed by atoms with Crippen molar-refractivity contribution >= 4 is 5.97 Å². The van der Waals surface area contributed by atoms with Crippen molar-refractivity contribution in [1.82, 2.24) is 0 Å². The summed E-state index contributed by atoms with van der Waals surface area (Å²) in [6.45, 7) is 4.21. The van der Waals surface area contributed by atoms with Gasteiger partial charge in [-0.2, -0.15) is 0 Å². The normalized spacial score (nSPS) is 10.3. The maximum Gasteiger partial charge on any atom is 0.335 e. The van der Waals surface area contributed by atoms with E-state index in [-0.39, 0.29) is 0 Å². The van der Waals surface area contributed by atoms with Crippen LogP contribution in [-0.4, -0.2) is 11.1 Å². The van der Waals surface area contributed by atoms with Crippen molar-refractivity contribution in [2.45, 2.75) is 20.3 Å². The van der Waals surface area contributed by atoms with Crippen LogP contribution in [0.1, 0.15) is 28.4 Å². The van der Waals surface area contributed by atoms with Gasteiger partial charge in [-0.15, -0.1) is 0 Å². The minimum Gasteiger partial charge on any atom is -0.478 e. The molecule has 2 nitrogen and oxygen atoms in total. The Labute approximate surface area is 107 Å². The van der Waals surface area contributed by atoms with Crippen LogP contribution in [0.2, 0.25) is 0 Å². The Morgan fingerprint density at radius 3 is 2.28 bits per heavy atom. The highest BCUT2D eigenvalue weighted by atomic mass is 16.4. The maximum atomic E-state index is 10.8. The highest BCUT2D eigenvalue weighted by molar-refractivity contribution is 5.88. The first kappa shape index (κ1) is 12.4. The van der Waals surface area contributed by atoms with E-state index in [2.05, 4.69) is 32.0 Å². The van der Waals surface area contributed by atoms with E-state index >= 15 is 0 Å². The summed E-state index contributed by atoms with van der Waals surface area (Å²) in [6, 6.07) is 13.5. The highest BCUT2D eigenvalue weighted by Crippen LogP contribution is 2.23. The second-order valence-electron chi connectivity index (χ2n) is 4.44. The third-order valence-corrected chi connectivity index (χ3v) is 3.01. The average Bonchev–Trinajstić information content (AvgIpc) is 2.38. The number of carbonyl (C=O) groups is 1. The lowest BCUT2D eigenvalue weighted by molar-refractivity contribution is 0.0697. The number of hydrogen-bond donors (Lipinski definition) is 1. The van der Waals surface area contributed by atoms with E-state index in [4.69, 9.17) is 5.11 Å². The maximum absolute atomic E-state index is 10.8. The summed E-state index contributed by atoms with van der Waals surface area (Å²) in [6.07, 6.45) is 1.00. The van der Waals surface area contributed by atoms with E-state index in [1.54, 1.807) is 12.1 Å². The summed E-state index contributed by atoms with van der Waals surface area (Å²) in [4.78, 5) is 10.8. The molecule has 2 rings (SSSR count). The Kier molecular flexibility index (Phi) is 3.47. The van der Waals surface area contributed by atoms with Gasteiger partial charge in [0.05, 0.1) is 5.56 Å². The van der Waals surface area contributed by atoms with E-state index in [1.165, 1.54) is 11.1 Å². The fourth-order valence-electron chi connectivity index (χ4n) is 2.04. The van der Waals surface area contributed by atoms with Crippen molar-refractivity contribution < 1.29 is 9.90 Å². The van der Waals surface area contributed by atoms with Crippen LogP contribution in [0.3, 0.4) is 0 Å². The molecule has 1 N–H and O–H groups in total. The number of carboxylic acid groups (broad SMARTS) is 1. The summed E-state index contributed by atoms with van der Waals surface area (Å²) < 4.78 is 0. The molecule has 0 atom stereocenters. The number of aromatic carboxylic acids is 1. The van der Waals surface area contributed by atoms with Gasteiger partial charge in [0.2, 0.25) is 0 Å². The molecule has 0 fully saturated rings. The molecule has 0 saturated carbocycles. The number of benzene rings is 2. The highest BCUT2D eigenvalue weighted by Gasteiger charge is 2.04. The van der Waals surface area contributed by atoms with Crippen molar-refractivity contribution in [3.05, 3.63) is 59.2 Å². The summed E-state index contributed by atoms with van der Waals surface area (Å²) in [5.74, 6) is -0.889. The van der Waals surface area contributed by atoms with Crippen LogP contribution in [0.15, 0.2) is 42.5 Å². The Hall–Kier alpha value is -2.09. The van der Waals surface area contributed by atoms with Crippen molar-refractivity contribution in [2.75, 3.05) is 0 Å². The second-order valence-corrected chi connectivity index (χ2v) is 4.44. The SMILES string of the molecule is CCc1cc(C)cc(-c2ccc(C(=O)O)cc2)c1. The van der Waals surface area contributed by atoms with Crippen molar-refractivity contribution in [3.8, 4) is 11.1 Å². The first-order valence-corrected chi connectivity index (χ1v) is 6.04. The van der Waals surface area contributed by atoms with Crippen LogP contribution >= 0.6 is 0 Å². The molecule has 18 heavy (non-hydrogen) atoms. The quantitative estimate of drug-likeness (QED) is 0.882. The van der Waals surface area contributed by atoms with Crippen LogP contribution in [0.25, 0.3) is 11.1 Å². The van der Waals surface area contributed by atoms with Crippen LogP contribution < -0.4 is 0 Å². The van der Waals surface area contributed by atoms with Gasteiger partial charge in [-0.05, 0) is 42.2 Å². The molecule has 2 aromatic carbocycles. The minimum absolute atomic E-state index is 0.321. The summed E-state index contributed by atoms with van der Waals surface area (Å²) >= 11 is 0. The van der Waals surface area contributed by atoms with E-state index in [0.717, 1.165) is 17.5 Å². The second kappa shape index (κ2) is 5.05. The lowest BCUT2D eigenvalue weighted by Gasteiger charge is -2.07. The van der Waals surface area contributed by atoms with Crippen LogP contribution in [-0.2, 0) is 6.42 Å². The lowest BCUT2D eigenvalue weighted by atomic mass is 9.98. The van der Waals surface area contributed by atoms with E-state index < -0.39 is 5.97 Å². The zero-order valence-corrected chi connectivity index (χ0v) is 10.6. The number of carboxylic acids is 1. The van der Waals surface area contributed by atoms with Gasteiger partial charge in [0.1, 0.15) is 0 Å². The molecule has 0 aliphatic rings. The monoisotopic (exact) mass is 240 g/mol. The molecule has 2 aromatic rings. The van der Waals surface area contributed by atoms with Gasteiger partial charge in [0.25, 0.3) is 0 Å². The number of hydrogen-bond acceptors (Lipinski definition) is 1. The van der Waals surface area contributed by atoms with Gasteiger partial charge < -0.3 is 5.11 Å². The van der Waals surface area contributed by atoms with E-state index in [9.17, 15) is 4.79 Å². The number of rotatable bonds is 3. The standard InChI is InChI=1S/C16H16O2/c1-3-12-8-11(2)9-15(10-12)13-4-6-14(7-5-13)16(17)18/h4-10H,3H2,1-2H3,(H,17,18). The predicted molar refractivity (Wildman–Crippen MR) is 73.0 cm³/mol. The zero-order valence-electron chi connectivity index (χ0n) is 10.6. The molecular weight excluding hydrogens is 224 g/mol. The van der Waals surface area contributed by atoms with Gasteiger partial charge >= 0.3 is 5.97 Å². The van der Waals surface area contributed by atoms with E-state index in [1.807, 2.05) is 12.1 Å². The van der Waals surface area contributed by atoms with Gasteiger partial charge in [0, 0.05) is 0 Å². The molecule has 0 aliphatic heterocycles. The predicted octanol–water partition coefficient (Wildman–Crippen LogP) is 3.92. The average molecular weight is 240 g/mol. The van der Waals surface area contributed by atoms with Crippen molar-refractivity contribution in [1.29, 1.82) is 0 Å². The molecular formula is C16H16O2. The molecule has 0 amide bonds. The fraction of sp³-hybridized carbons (Fsp3) is 0.188. The van der Waals surface area contributed by atoms with Gasteiger partial charge in [-0.3, -0.25) is 0 Å². The molecule has 0 aliphatic carbocycles. The summed E-state index contributed by atoms with van der Waals surface area (Å²) in [7, 11) is 0. The van der Waals surface area contributed by atoms with E-state index in [0.29, 0.717) is 5.56 Å². The first-order valence-electron chi connectivity index (χ1n) is 6.04. The Bertz CT molecular complexity index is 568. The van der Waals surface area contributed by atoms with Crippen LogP contribution in [0.4, 0.5) is 0 Å². The van der Waals surface area contributed by atoms with Crippen molar-refractivity contribution in [3.63, 3.8) is 0 Å². The molecule has 0 saturated heterocycles. The molecule has 0 unspecified atom stereocenters. The molecule has 2 heteroatoms. The minimum atomic E-state index is -0.889. The third-order valence-electron chi connectivity index (χ3n) is 3.01. The Balaban J connectivity index is 2.42. The fourth-order valence-corrected chi connectivity index (χ4v) is 2.04. The molecule has 92 valence electrons. The molecule has 0 bridgehead atoms. The molecule has 0 radical (unpaired) electrons. The Morgan fingerprint density at radius 1 is 1.06 bits per heavy atom. The van der Waals surface area contributed by atoms with Crippen molar-refractivity contribution in [2.24, 2.45) is 0 Å². The lowest BCUT2D eigenvalue weighted by Crippen LogP contribution is -1.95. The number of aryl methyl sites for hydroxylation is 2. The summed E-state index contributed by atoms with van der Waals surface area (Å²) in [5.41, 5.74) is 5.04. The van der Waals surface area contributed by atoms with Crippen LogP contribution in [0, 0.1) is 6.92 Å². The zero-order chi connectivity index (χ0) is 13.1. The van der Waals surface area contributed by atoms with Gasteiger partial charge in [0.15, 0.2) is 0 Å². The first-order chi connectivity index (χ1) is 8.60. The van der Waals surface area contributed by atoms with Gasteiger partial charge in [-0.25, -0.2) is 4.79 Å². The topological polar surface area (TPSA) is 37.3 Å². The van der Waals surface area contributed by atoms with Crippen LogP contribution in [0.5, 0.6) is 0 Å². The molecule has 0 spiro atoms. The third kappa shape index (κ3) is 2.59. The molecule has 0 aromatic heterocycles. The van der Waals surface area contributed by atoms with Gasteiger partial charge in [-0.1, -0.05) is 42.8 Å². The smallest absolute Gasteiger partial charge is 0.335 e. The Morgan fingerprint density at radius 2 is 1.72 bits per heavy atom. The summed E-state index contributed by atoms with van der Waals surface area (Å²) in [5, 5.41) is 8.87. The largest absolute Gasteiger partial charge is 0.478 e.